The van der Waals surface area contributed by atoms with Crippen molar-refractivity contribution in [2.24, 2.45) is 4.99 Å². The Labute approximate surface area is 176 Å². The van der Waals surface area contributed by atoms with E-state index >= 15 is 0 Å². The lowest BCUT2D eigenvalue weighted by molar-refractivity contribution is 0.572. The summed E-state index contributed by atoms with van der Waals surface area (Å²) in [5.74, 6) is 1.37. The quantitative estimate of drug-likeness (QED) is 0.360. The van der Waals surface area contributed by atoms with Crippen molar-refractivity contribution in [3.8, 4) is 11.5 Å². The van der Waals surface area contributed by atoms with Crippen molar-refractivity contribution >= 4 is 16.9 Å². The highest BCUT2D eigenvalue weighted by Crippen LogP contribution is 2.18. The normalized spacial score (nSPS) is 11.6. The molecular formula is C24H25N5O. The first-order valence-electron chi connectivity index (χ1n) is 10.2. The minimum Gasteiger partial charge on any atom is -0.444 e. The van der Waals surface area contributed by atoms with Crippen LogP contribution in [-0.4, -0.2) is 29.0 Å². The molecule has 2 N–H and O–H groups in total. The van der Waals surface area contributed by atoms with Crippen LogP contribution < -0.4 is 10.6 Å². The Morgan fingerprint density at radius 1 is 1.00 bits per heavy atom. The van der Waals surface area contributed by atoms with Gasteiger partial charge in [0.2, 0.25) is 5.89 Å². The van der Waals surface area contributed by atoms with Gasteiger partial charge in [-0.25, -0.2) is 9.98 Å². The van der Waals surface area contributed by atoms with Gasteiger partial charge in [-0.3, -0.25) is 4.98 Å². The predicted molar refractivity (Wildman–Crippen MR) is 120 cm³/mol. The molecule has 0 aliphatic rings. The molecule has 0 atom stereocenters. The molecule has 0 radical (unpaired) electrons. The number of pyridine rings is 1. The van der Waals surface area contributed by atoms with Crippen LogP contribution in [0.5, 0.6) is 0 Å². The average Bonchev–Trinajstić information content (AvgIpc) is 3.27. The molecule has 0 aliphatic carbocycles. The van der Waals surface area contributed by atoms with Crippen LogP contribution in [-0.2, 0) is 13.0 Å². The number of nitrogens with zero attached hydrogens (tertiary/aromatic N) is 3. The highest BCUT2D eigenvalue weighted by molar-refractivity contribution is 5.82. The molecule has 6 nitrogen and oxygen atoms in total. The molecule has 0 amide bonds. The maximum atomic E-state index is 5.59. The molecule has 6 heteroatoms. The van der Waals surface area contributed by atoms with E-state index in [4.69, 9.17) is 4.42 Å². The Balaban J connectivity index is 1.38. The lowest BCUT2D eigenvalue weighted by Crippen LogP contribution is -2.38. The number of nitrogens with one attached hydrogen (secondary N) is 2. The van der Waals surface area contributed by atoms with E-state index in [2.05, 4.69) is 56.8 Å². The maximum Gasteiger partial charge on any atom is 0.226 e. The Morgan fingerprint density at radius 2 is 1.87 bits per heavy atom. The van der Waals surface area contributed by atoms with E-state index in [1.54, 1.807) is 6.26 Å². The Kier molecular flexibility index (Phi) is 6.35. The highest BCUT2D eigenvalue weighted by Gasteiger charge is 2.07. The van der Waals surface area contributed by atoms with Crippen LogP contribution in [0.15, 0.2) is 82.5 Å². The van der Waals surface area contributed by atoms with Crippen molar-refractivity contribution in [2.75, 3.05) is 13.1 Å². The predicted octanol–water partition coefficient (Wildman–Crippen LogP) is 4.19. The molecule has 4 rings (SSSR count). The van der Waals surface area contributed by atoms with Crippen molar-refractivity contribution in [3.05, 3.63) is 84.4 Å². The minimum atomic E-state index is 0.446. The second-order valence-corrected chi connectivity index (χ2v) is 6.87. The fraction of sp³-hybridized carbons (Fsp3) is 0.208. The summed E-state index contributed by atoms with van der Waals surface area (Å²) in [6.07, 6.45) is 4.37. The zero-order chi connectivity index (χ0) is 20.6. The molecule has 0 fully saturated rings. The van der Waals surface area contributed by atoms with Gasteiger partial charge in [0.05, 0.1) is 12.1 Å². The second-order valence-electron chi connectivity index (χ2n) is 6.87. The zero-order valence-electron chi connectivity index (χ0n) is 17.0. The van der Waals surface area contributed by atoms with E-state index < -0.39 is 0 Å². The van der Waals surface area contributed by atoms with Crippen LogP contribution in [0, 0.1) is 0 Å². The van der Waals surface area contributed by atoms with Crippen LogP contribution >= 0.6 is 0 Å². The van der Waals surface area contributed by atoms with Crippen molar-refractivity contribution in [1.29, 1.82) is 0 Å². The number of rotatable bonds is 7. The molecule has 0 saturated heterocycles. The Bertz CT molecular complexity index is 1120. The van der Waals surface area contributed by atoms with Gasteiger partial charge < -0.3 is 15.1 Å². The molecular weight excluding hydrogens is 374 g/mol. The number of hydrogen-bond acceptors (Lipinski definition) is 4. The van der Waals surface area contributed by atoms with Crippen molar-refractivity contribution in [2.45, 2.75) is 19.9 Å². The number of oxazole rings is 1. The first kappa shape index (κ1) is 19.6. The van der Waals surface area contributed by atoms with E-state index in [9.17, 15) is 0 Å². The molecule has 0 saturated carbocycles. The first-order chi connectivity index (χ1) is 14.8. The smallest absolute Gasteiger partial charge is 0.226 e. The fourth-order valence-corrected chi connectivity index (χ4v) is 3.28. The summed E-state index contributed by atoms with van der Waals surface area (Å²) in [7, 11) is 0. The molecule has 4 aromatic rings. The molecule has 2 aromatic carbocycles. The summed E-state index contributed by atoms with van der Waals surface area (Å²) in [6, 6.07) is 20.2. The van der Waals surface area contributed by atoms with Gasteiger partial charge in [0.25, 0.3) is 0 Å². The average molecular weight is 399 g/mol. The summed E-state index contributed by atoms with van der Waals surface area (Å²) in [6.45, 7) is 4.04. The van der Waals surface area contributed by atoms with Crippen LogP contribution in [0.25, 0.3) is 22.4 Å². The summed E-state index contributed by atoms with van der Waals surface area (Å²) < 4.78 is 5.59. The molecule has 30 heavy (non-hydrogen) atoms. The van der Waals surface area contributed by atoms with Gasteiger partial charge in [-0.2, -0.15) is 0 Å². The number of para-hydroxylation sites is 1. The monoisotopic (exact) mass is 399 g/mol. The number of hydrogen-bond donors (Lipinski definition) is 2. The van der Waals surface area contributed by atoms with Crippen molar-refractivity contribution in [1.82, 2.24) is 20.6 Å². The van der Waals surface area contributed by atoms with Crippen molar-refractivity contribution < 1.29 is 4.42 Å². The summed E-state index contributed by atoms with van der Waals surface area (Å²) in [5, 5.41) is 7.84. The summed E-state index contributed by atoms with van der Waals surface area (Å²) in [5.41, 5.74) is 4.03. The molecule has 0 unspecified atom stereocenters. The van der Waals surface area contributed by atoms with Gasteiger partial charge in [-0.05, 0) is 37.1 Å². The van der Waals surface area contributed by atoms with Gasteiger partial charge in [-0.15, -0.1) is 0 Å². The van der Waals surface area contributed by atoms with E-state index in [1.165, 1.54) is 5.56 Å². The zero-order valence-corrected chi connectivity index (χ0v) is 17.0. The van der Waals surface area contributed by atoms with Gasteiger partial charge in [0, 0.05) is 30.2 Å². The number of fused-ring (bicyclic) bond motifs is 1. The maximum absolute atomic E-state index is 5.59. The molecule has 0 spiro atoms. The second kappa shape index (κ2) is 9.69. The molecule has 0 bridgehead atoms. The fourth-order valence-electron chi connectivity index (χ4n) is 3.28. The SMILES string of the molecule is CCNC(=NCc1coc(-c2ccccc2)n1)NCCc1cccc2cccnc12. The van der Waals surface area contributed by atoms with Crippen molar-refractivity contribution in [3.63, 3.8) is 0 Å². The Hall–Kier alpha value is -3.67. The van der Waals surface area contributed by atoms with Crippen LogP contribution in [0.3, 0.4) is 0 Å². The first-order valence-corrected chi connectivity index (χ1v) is 10.2. The third-order valence-corrected chi connectivity index (χ3v) is 4.72. The molecule has 0 aliphatic heterocycles. The highest BCUT2D eigenvalue weighted by atomic mass is 16.3. The number of benzene rings is 2. The number of aliphatic imine (C=N–C) groups is 1. The number of aromatic nitrogens is 2. The summed E-state index contributed by atoms with van der Waals surface area (Å²) in [4.78, 5) is 13.7. The molecule has 2 aromatic heterocycles. The van der Waals surface area contributed by atoms with E-state index in [0.717, 1.165) is 47.6 Å². The van der Waals surface area contributed by atoms with Gasteiger partial charge in [0.15, 0.2) is 5.96 Å². The number of guanidine groups is 1. The summed E-state index contributed by atoms with van der Waals surface area (Å²) >= 11 is 0. The van der Waals surface area contributed by atoms with Gasteiger partial charge in [-0.1, -0.05) is 42.5 Å². The van der Waals surface area contributed by atoms with E-state index in [-0.39, 0.29) is 0 Å². The molecule has 2 heterocycles. The van der Waals surface area contributed by atoms with E-state index in [1.807, 2.05) is 42.6 Å². The van der Waals surface area contributed by atoms with Crippen LogP contribution in [0.1, 0.15) is 18.2 Å². The minimum absolute atomic E-state index is 0.446. The topological polar surface area (TPSA) is 75.3 Å². The third-order valence-electron chi connectivity index (χ3n) is 4.72. The third kappa shape index (κ3) is 4.84. The lowest BCUT2D eigenvalue weighted by atomic mass is 10.1. The van der Waals surface area contributed by atoms with Gasteiger partial charge in [0.1, 0.15) is 12.0 Å². The van der Waals surface area contributed by atoms with Crippen LogP contribution in [0.2, 0.25) is 0 Å². The largest absolute Gasteiger partial charge is 0.444 e. The Morgan fingerprint density at radius 3 is 2.73 bits per heavy atom. The van der Waals surface area contributed by atoms with Gasteiger partial charge >= 0.3 is 0 Å². The lowest BCUT2D eigenvalue weighted by Gasteiger charge is -2.11. The molecule has 152 valence electrons. The van der Waals surface area contributed by atoms with E-state index in [0.29, 0.717) is 12.4 Å². The van der Waals surface area contributed by atoms with Crippen LogP contribution in [0.4, 0.5) is 0 Å². The standard InChI is InChI=1S/C24H25N5O/c1-2-25-24(27-15-13-19-11-6-10-18-12-7-14-26-22(18)19)28-16-21-17-30-23(29-21)20-8-4-3-5-9-20/h3-12,14,17H,2,13,15-16H2,1H3,(H2,25,27,28).